The van der Waals surface area contributed by atoms with Crippen LogP contribution in [0, 0.1) is 6.92 Å². The van der Waals surface area contributed by atoms with Crippen LogP contribution in [0.25, 0.3) is 0 Å². The molecule has 0 saturated carbocycles. The van der Waals surface area contributed by atoms with Crippen molar-refractivity contribution in [1.82, 2.24) is 5.32 Å². The van der Waals surface area contributed by atoms with Gasteiger partial charge in [-0.15, -0.1) is 12.4 Å². The van der Waals surface area contributed by atoms with Crippen LogP contribution in [0.5, 0.6) is 0 Å². The van der Waals surface area contributed by atoms with Crippen LogP contribution >= 0.6 is 24.0 Å². The van der Waals surface area contributed by atoms with Crippen LogP contribution in [-0.2, 0) is 4.74 Å². The zero-order valence-electron chi connectivity index (χ0n) is 8.83. The maximum atomic E-state index is 11.1. The highest BCUT2D eigenvalue weighted by atomic mass is 35.5. The number of amides is 1. The first-order valence-corrected chi connectivity index (χ1v) is 5.24. The second-order valence-corrected chi connectivity index (χ2v) is 4.06. The van der Waals surface area contributed by atoms with Crippen LogP contribution in [0.15, 0.2) is 18.2 Å². The Morgan fingerprint density at radius 3 is 2.88 bits per heavy atom. The summed E-state index contributed by atoms with van der Waals surface area (Å²) in [6.45, 7) is 2.46. The molecule has 0 bridgehead atoms. The number of aryl methyl sites for hydroxylation is 1. The van der Waals surface area contributed by atoms with E-state index in [0.29, 0.717) is 6.61 Å². The van der Waals surface area contributed by atoms with Crippen molar-refractivity contribution in [3.8, 4) is 0 Å². The summed E-state index contributed by atoms with van der Waals surface area (Å²) in [5.41, 5.74) is 2.20. The average Bonchev–Trinajstić information content (AvgIpc) is 2.17. The maximum Gasteiger partial charge on any atom is 0.407 e. The molecule has 1 N–H and O–H groups in total. The standard InChI is InChI=1S/C11H12ClNO2.ClH/c1-7-6-8(12)2-3-9(7)10-4-5-15-11(14)13-10;/h2-3,6,10H,4-5H2,1H3,(H,13,14);1H/t10-;/m1./s1. The first-order valence-electron chi connectivity index (χ1n) is 4.86. The number of ether oxygens (including phenoxy) is 1. The van der Waals surface area contributed by atoms with E-state index in [4.69, 9.17) is 16.3 Å². The number of rotatable bonds is 1. The Bertz CT molecular complexity index is 396. The fourth-order valence-corrected chi connectivity index (χ4v) is 2.02. The van der Waals surface area contributed by atoms with E-state index in [0.717, 1.165) is 22.6 Å². The quantitative estimate of drug-likeness (QED) is 0.843. The Hall–Kier alpha value is -0.930. The molecule has 0 aliphatic carbocycles. The van der Waals surface area contributed by atoms with Gasteiger partial charge in [0.2, 0.25) is 0 Å². The molecule has 0 aromatic heterocycles. The second-order valence-electron chi connectivity index (χ2n) is 3.62. The molecule has 2 rings (SSSR count). The molecule has 5 heteroatoms. The highest BCUT2D eigenvalue weighted by Crippen LogP contribution is 2.25. The van der Waals surface area contributed by atoms with Gasteiger partial charge in [-0.25, -0.2) is 4.79 Å². The van der Waals surface area contributed by atoms with Crippen molar-refractivity contribution in [2.24, 2.45) is 0 Å². The van der Waals surface area contributed by atoms with Gasteiger partial charge >= 0.3 is 6.09 Å². The minimum atomic E-state index is -0.347. The van der Waals surface area contributed by atoms with Gasteiger partial charge in [0.15, 0.2) is 0 Å². The van der Waals surface area contributed by atoms with Crippen LogP contribution in [0.4, 0.5) is 4.79 Å². The molecule has 1 aliphatic heterocycles. The molecule has 1 atom stereocenters. The van der Waals surface area contributed by atoms with Crippen LogP contribution < -0.4 is 5.32 Å². The minimum Gasteiger partial charge on any atom is -0.449 e. The number of alkyl carbamates (subject to hydrolysis) is 1. The summed E-state index contributed by atoms with van der Waals surface area (Å²) in [5, 5.41) is 3.51. The molecule has 1 aromatic carbocycles. The van der Waals surface area contributed by atoms with E-state index in [1.165, 1.54) is 0 Å². The van der Waals surface area contributed by atoms with Gasteiger partial charge in [-0.2, -0.15) is 0 Å². The molecule has 1 aromatic rings. The predicted molar refractivity (Wildman–Crippen MR) is 65.3 cm³/mol. The van der Waals surface area contributed by atoms with Crippen LogP contribution in [0.2, 0.25) is 5.02 Å². The van der Waals surface area contributed by atoms with Crippen molar-refractivity contribution in [2.45, 2.75) is 19.4 Å². The van der Waals surface area contributed by atoms with Gasteiger partial charge in [0.25, 0.3) is 0 Å². The van der Waals surface area contributed by atoms with E-state index in [2.05, 4.69) is 5.32 Å². The third-order valence-corrected chi connectivity index (χ3v) is 2.77. The zero-order chi connectivity index (χ0) is 10.8. The number of cyclic esters (lactones) is 1. The predicted octanol–water partition coefficient (Wildman–Crippen LogP) is 3.24. The average molecular weight is 262 g/mol. The number of hydrogen-bond donors (Lipinski definition) is 1. The monoisotopic (exact) mass is 261 g/mol. The van der Waals surface area contributed by atoms with E-state index in [9.17, 15) is 4.79 Å². The summed E-state index contributed by atoms with van der Waals surface area (Å²) < 4.78 is 4.82. The smallest absolute Gasteiger partial charge is 0.407 e. The SMILES string of the molecule is Cc1cc(Cl)ccc1[C@H]1CCOC(=O)N1.Cl. The van der Waals surface area contributed by atoms with Gasteiger partial charge in [0, 0.05) is 11.4 Å². The van der Waals surface area contributed by atoms with E-state index >= 15 is 0 Å². The van der Waals surface area contributed by atoms with Gasteiger partial charge in [-0.3, -0.25) is 0 Å². The minimum absolute atomic E-state index is 0. The zero-order valence-corrected chi connectivity index (χ0v) is 10.4. The molecule has 1 amide bonds. The van der Waals surface area contributed by atoms with E-state index in [1.54, 1.807) is 0 Å². The fraction of sp³-hybridized carbons (Fsp3) is 0.364. The van der Waals surface area contributed by atoms with Crippen molar-refractivity contribution >= 4 is 30.1 Å². The number of benzene rings is 1. The lowest BCUT2D eigenvalue weighted by Gasteiger charge is -2.25. The summed E-state index contributed by atoms with van der Waals surface area (Å²) in [7, 11) is 0. The van der Waals surface area contributed by atoms with Crippen molar-refractivity contribution in [2.75, 3.05) is 6.61 Å². The first-order chi connectivity index (χ1) is 7.16. The van der Waals surface area contributed by atoms with Gasteiger partial charge < -0.3 is 10.1 Å². The lowest BCUT2D eigenvalue weighted by Crippen LogP contribution is -2.35. The summed E-state index contributed by atoms with van der Waals surface area (Å²) in [4.78, 5) is 11.1. The number of halogens is 2. The molecule has 3 nitrogen and oxygen atoms in total. The molecule has 0 unspecified atom stereocenters. The Balaban J connectivity index is 0.00000128. The third-order valence-electron chi connectivity index (χ3n) is 2.54. The van der Waals surface area contributed by atoms with E-state index in [-0.39, 0.29) is 24.5 Å². The molecule has 0 radical (unpaired) electrons. The Morgan fingerprint density at radius 2 is 2.25 bits per heavy atom. The maximum absolute atomic E-state index is 11.1. The van der Waals surface area contributed by atoms with Crippen molar-refractivity contribution in [3.05, 3.63) is 34.3 Å². The molecule has 1 saturated heterocycles. The lowest BCUT2D eigenvalue weighted by molar-refractivity contribution is 0.115. The number of hydrogen-bond acceptors (Lipinski definition) is 2. The molecule has 1 heterocycles. The molecular formula is C11H13Cl2NO2. The summed E-state index contributed by atoms with van der Waals surface area (Å²) in [6, 6.07) is 5.74. The topological polar surface area (TPSA) is 38.3 Å². The van der Waals surface area contributed by atoms with E-state index < -0.39 is 0 Å². The molecular weight excluding hydrogens is 249 g/mol. The highest BCUT2D eigenvalue weighted by Gasteiger charge is 2.21. The normalized spacial score (nSPS) is 19.4. The second kappa shape index (κ2) is 5.41. The van der Waals surface area contributed by atoms with Crippen molar-refractivity contribution in [1.29, 1.82) is 0 Å². The van der Waals surface area contributed by atoms with Gasteiger partial charge in [-0.05, 0) is 30.2 Å². The molecule has 88 valence electrons. The Kier molecular flexibility index (Phi) is 4.44. The number of carbonyl (C=O) groups is 1. The summed E-state index contributed by atoms with van der Waals surface area (Å²) in [6.07, 6.45) is 0.453. The van der Waals surface area contributed by atoms with Gasteiger partial charge in [0.05, 0.1) is 12.6 Å². The highest BCUT2D eigenvalue weighted by molar-refractivity contribution is 6.30. The largest absolute Gasteiger partial charge is 0.449 e. The van der Waals surface area contributed by atoms with Gasteiger partial charge in [-0.1, -0.05) is 17.7 Å². The molecule has 0 spiro atoms. The van der Waals surface area contributed by atoms with Crippen LogP contribution in [0.1, 0.15) is 23.6 Å². The van der Waals surface area contributed by atoms with Crippen LogP contribution in [-0.4, -0.2) is 12.7 Å². The lowest BCUT2D eigenvalue weighted by atomic mass is 9.99. The third kappa shape index (κ3) is 2.80. The first kappa shape index (κ1) is 13.1. The Morgan fingerprint density at radius 1 is 1.50 bits per heavy atom. The number of carbonyl (C=O) groups excluding carboxylic acids is 1. The molecule has 16 heavy (non-hydrogen) atoms. The van der Waals surface area contributed by atoms with Crippen LogP contribution in [0.3, 0.4) is 0 Å². The van der Waals surface area contributed by atoms with Crippen molar-refractivity contribution < 1.29 is 9.53 Å². The summed E-state index contributed by atoms with van der Waals surface area (Å²) >= 11 is 5.87. The van der Waals surface area contributed by atoms with Crippen molar-refractivity contribution in [3.63, 3.8) is 0 Å². The Labute approximate surface area is 106 Å². The number of nitrogens with one attached hydrogen (secondary N) is 1. The molecule has 1 fully saturated rings. The van der Waals surface area contributed by atoms with Gasteiger partial charge in [0.1, 0.15) is 0 Å². The fourth-order valence-electron chi connectivity index (χ4n) is 1.79. The molecule has 1 aliphatic rings. The summed E-state index contributed by atoms with van der Waals surface area (Å²) in [5.74, 6) is 0. The van der Waals surface area contributed by atoms with E-state index in [1.807, 2.05) is 25.1 Å².